The molecule has 1 unspecified atom stereocenters. The van der Waals surface area contributed by atoms with Gasteiger partial charge in [0, 0.05) is 51.0 Å². The first-order chi connectivity index (χ1) is 11.2. The number of piperazine rings is 1. The first-order valence-electron chi connectivity index (χ1n) is 7.97. The van der Waals surface area contributed by atoms with Crippen LogP contribution in [0.15, 0.2) is 0 Å². The maximum atomic E-state index is 13.3. The predicted octanol–water partition coefficient (Wildman–Crippen LogP) is 1.38. The number of hydrogen-bond acceptors (Lipinski definition) is 4. The monoisotopic (exact) mass is 419 g/mol. The molecule has 0 aromatic carbocycles. The zero-order valence-corrected chi connectivity index (χ0v) is 16.7. The van der Waals surface area contributed by atoms with Crippen LogP contribution in [0.4, 0.5) is 13.2 Å². The smallest absolute Gasteiger partial charge is 0.354 e. The highest BCUT2D eigenvalue weighted by atomic mass is 35.5. The van der Waals surface area contributed by atoms with Crippen molar-refractivity contribution in [3.63, 3.8) is 0 Å². The van der Waals surface area contributed by atoms with Gasteiger partial charge in [0.15, 0.2) is 0 Å². The standard InChI is InChI=1S/C15H24F3N5O.2ClH/c1-10-12(11(2)22(3)21-10)8-14(24)20-9-13(15(16,17)18)23-6-4-19-5-7-23;;/h13,19H,4-9H2,1-3H3,(H,20,24);2*1H. The predicted molar refractivity (Wildman–Crippen MR) is 98.2 cm³/mol. The zero-order chi connectivity index (χ0) is 17.9. The average Bonchev–Trinajstić information content (AvgIpc) is 2.73. The molecule has 2 N–H and O–H groups in total. The van der Waals surface area contributed by atoms with E-state index in [4.69, 9.17) is 0 Å². The van der Waals surface area contributed by atoms with E-state index in [1.165, 1.54) is 4.90 Å². The molecule has 1 atom stereocenters. The van der Waals surface area contributed by atoms with Gasteiger partial charge in [-0.1, -0.05) is 0 Å². The van der Waals surface area contributed by atoms with Gasteiger partial charge in [0.25, 0.3) is 0 Å². The number of halogens is 5. The fraction of sp³-hybridized carbons (Fsp3) is 0.733. The van der Waals surface area contributed by atoms with Crippen molar-refractivity contribution in [1.82, 2.24) is 25.3 Å². The number of carbonyl (C=O) groups excluding carboxylic acids is 1. The number of aromatic nitrogens is 2. The average molecular weight is 420 g/mol. The molecule has 0 spiro atoms. The van der Waals surface area contributed by atoms with E-state index in [1.54, 1.807) is 18.7 Å². The molecule has 2 heterocycles. The number of alkyl halides is 3. The molecule has 0 radical (unpaired) electrons. The summed E-state index contributed by atoms with van der Waals surface area (Å²) in [5.74, 6) is -0.418. The van der Waals surface area contributed by atoms with Crippen LogP contribution in [0, 0.1) is 13.8 Å². The lowest BCUT2D eigenvalue weighted by molar-refractivity contribution is -0.184. The van der Waals surface area contributed by atoms with Crippen LogP contribution in [0.2, 0.25) is 0 Å². The Hall–Kier alpha value is -1.03. The lowest BCUT2D eigenvalue weighted by Gasteiger charge is -2.35. The maximum absolute atomic E-state index is 13.3. The quantitative estimate of drug-likeness (QED) is 0.756. The SMILES string of the molecule is Cc1nn(C)c(C)c1CC(=O)NCC(N1CCNCC1)C(F)(F)F.Cl.Cl. The Kier molecular flexibility index (Phi) is 9.93. The minimum atomic E-state index is -4.37. The summed E-state index contributed by atoms with van der Waals surface area (Å²) < 4.78 is 41.5. The molecule has 1 aromatic rings. The van der Waals surface area contributed by atoms with E-state index >= 15 is 0 Å². The van der Waals surface area contributed by atoms with Crippen molar-refractivity contribution < 1.29 is 18.0 Å². The highest BCUT2D eigenvalue weighted by molar-refractivity contribution is 5.85. The Labute approximate surface area is 163 Å². The van der Waals surface area contributed by atoms with Gasteiger partial charge in [0.1, 0.15) is 6.04 Å². The van der Waals surface area contributed by atoms with Crippen molar-refractivity contribution >= 4 is 30.7 Å². The van der Waals surface area contributed by atoms with Gasteiger partial charge in [-0.2, -0.15) is 18.3 Å². The van der Waals surface area contributed by atoms with Gasteiger partial charge >= 0.3 is 6.18 Å². The highest BCUT2D eigenvalue weighted by Gasteiger charge is 2.43. The van der Waals surface area contributed by atoms with Crippen molar-refractivity contribution in [3.05, 3.63) is 17.0 Å². The van der Waals surface area contributed by atoms with Crippen LogP contribution < -0.4 is 10.6 Å². The first kappa shape index (κ1) is 25.0. The van der Waals surface area contributed by atoms with E-state index in [1.807, 2.05) is 6.92 Å². The summed E-state index contributed by atoms with van der Waals surface area (Å²) >= 11 is 0. The van der Waals surface area contributed by atoms with E-state index in [2.05, 4.69) is 15.7 Å². The molecule has 26 heavy (non-hydrogen) atoms. The Morgan fingerprint density at radius 1 is 1.27 bits per heavy atom. The van der Waals surface area contributed by atoms with Crippen molar-refractivity contribution in [1.29, 1.82) is 0 Å². The molecule has 1 aliphatic rings. The number of carbonyl (C=O) groups is 1. The second-order valence-corrected chi connectivity index (χ2v) is 6.10. The Morgan fingerprint density at radius 2 is 1.85 bits per heavy atom. The lowest BCUT2D eigenvalue weighted by Crippen LogP contribution is -2.57. The van der Waals surface area contributed by atoms with Crippen LogP contribution in [0.25, 0.3) is 0 Å². The van der Waals surface area contributed by atoms with Crippen LogP contribution in [-0.2, 0) is 18.3 Å². The molecule has 1 fully saturated rings. The Morgan fingerprint density at radius 3 is 2.31 bits per heavy atom. The third-order valence-corrected chi connectivity index (χ3v) is 4.46. The van der Waals surface area contributed by atoms with Crippen molar-refractivity contribution in [2.45, 2.75) is 32.5 Å². The minimum absolute atomic E-state index is 0. The van der Waals surface area contributed by atoms with Gasteiger partial charge in [0.2, 0.25) is 5.91 Å². The number of rotatable bonds is 5. The van der Waals surface area contributed by atoms with E-state index in [9.17, 15) is 18.0 Å². The van der Waals surface area contributed by atoms with Crippen molar-refractivity contribution in [3.8, 4) is 0 Å². The number of nitrogens with zero attached hydrogens (tertiary/aromatic N) is 3. The highest BCUT2D eigenvalue weighted by Crippen LogP contribution is 2.24. The number of amides is 1. The van der Waals surface area contributed by atoms with Crippen LogP contribution in [0.3, 0.4) is 0 Å². The summed E-state index contributed by atoms with van der Waals surface area (Å²) in [5.41, 5.74) is 2.33. The van der Waals surface area contributed by atoms with Crippen LogP contribution in [0.5, 0.6) is 0 Å². The van der Waals surface area contributed by atoms with E-state index in [0.717, 1.165) is 17.0 Å². The Balaban J connectivity index is 0.00000312. The van der Waals surface area contributed by atoms with Crippen molar-refractivity contribution in [2.24, 2.45) is 7.05 Å². The zero-order valence-electron chi connectivity index (χ0n) is 15.0. The van der Waals surface area contributed by atoms with E-state index in [0.29, 0.717) is 26.2 Å². The van der Waals surface area contributed by atoms with Gasteiger partial charge < -0.3 is 10.6 Å². The third-order valence-electron chi connectivity index (χ3n) is 4.46. The van der Waals surface area contributed by atoms with E-state index in [-0.39, 0.29) is 31.2 Å². The normalized spacial score (nSPS) is 16.4. The first-order valence-corrected chi connectivity index (χ1v) is 7.97. The molecule has 1 aliphatic heterocycles. The molecule has 11 heteroatoms. The largest absolute Gasteiger partial charge is 0.405 e. The second kappa shape index (κ2) is 10.3. The molecule has 2 rings (SSSR count). The van der Waals surface area contributed by atoms with Crippen LogP contribution >= 0.6 is 24.8 Å². The number of nitrogens with one attached hydrogen (secondary N) is 2. The van der Waals surface area contributed by atoms with Crippen molar-refractivity contribution in [2.75, 3.05) is 32.7 Å². The molecule has 152 valence electrons. The van der Waals surface area contributed by atoms with Crippen LogP contribution in [0.1, 0.15) is 17.0 Å². The molecular formula is C15H26Cl2F3N5O. The molecule has 0 aliphatic carbocycles. The number of hydrogen-bond donors (Lipinski definition) is 2. The molecule has 1 aromatic heterocycles. The summed E-state index contributed by atoms with van der Waals surface area (Å²) in [4.78, 5) is 13.5. The number of aryl methyl sites for hydroxylation is 2. The third kappa shape index (κ3) is 6.29. The lowest BCUT2D eigenvalue weighted by atomic mass is 10.1. The fourth-order valence-corrected chi connectivity index (χ4v) is 2.95. The second-order valence-electron chi connectivity index (χ2n) is 6.10. The maximum Gasteiger partial charge on any atom is 0.405 e. The van der Waals surface area contributed by atoms with Gasteiger partial charge in [-0.15, -0.1) is 24.8 Å². The van der Waals surface area contributed by atoms with Crippen LogP contribution in [-0.4, -0.2) is 65.5 Å². The molecule has 1 saturated heterocycles. The van der Waals surface area contributed by atoms with Gasteiger partial charge in [-0.05, 0) is 13.8 Å². The topological polar surface area (TPSA) is 62.2 Å². The summed E-state index contributed by atoms with van der Waals surface area (Å²) in [6, 6.07) is -1.65. The van der Waals surface area contributed by atoms with Gasteiger partial charge in [-0.25, -0.2) is 0 Å². The molecule has 0 bridgehead atoms. The summed E-state index contributed by atoms with van der Waals surface area (Å²) in [6.45, 7) is 4.88. The summed E-state index contributed by atoms with van der Waals surface area (Å²) in [7, 11) is 1.77. The van der Waals surface area contributed by atoms with Gasteiger partial charge in [0.05, 0.1) is 12.1 Å². The molecular weight excluding hydrogens is 394 g/mol. The molecule has 0 saturated carbocycles. The Bertz CT molecular complexity index is 589. The van der Waals surface area contributed by atoms with E-state index < -0.39 is 24.7 Å². The summed E-state index contributed by atoms with van der Waals surface area (Å²) in [6.07, 6.45) is -4.33. The molecule has 6 nitrogen and oxygen atoms in total. The minimum Gasteiger partial charge on any atom is -0.354 e. The fourth-order valence-electron chi connectivity index (χ4n) is 2.95. The summed E-state index contributed by atoms with van der Waals surface area (Å²) in [5, 5.41) is 9.68. The van der Waals surface area contributed by atoms with Gasteiger partial charge in [-0.3, -0.25) is 14.4 Å². The molecule has 1 amide bonds.